The normalized spacial score (nSPS) is 17.2. The molecule has 1 aliphatic carbocycles. The van der Waals surface area contributed by atoms with Crippen molar-refractivity contribution < 1.29 is 5.11 Å². The van der Waals surface area contributed by atoms with Crippen LogP contribution in [0.2, 0.25) is 0 Å². The molecule has 2 heterocycles. The summed E-state index contributed by atoms with van der Waals surface area (Å²) in [6.45, 7) is 4.25. The second-order valence-electron chi connectivity index (χ2n) is 6.95. The van der Waals surface area contributed by atoms with Gasteiger partial charge in [-0.05, 0) is 43.7 Å². The summed E-state index contributed by atoms with van der Waals surface area (Å²) < 4.78 is 0. The summed E-state index contributed by atoms with van der Waals surface area (Å²) in [6.07, 6.45) is 7.47. The summed E-state index contributed by atoms with van der Waals surface area (Å²) in [5.41, 5.74) is 9.35. The minimum absolute atomic E-state index is 0.0663. The van der Waals surface area contributed by atoms with Crippen molar-refractivity contribution in [3.8, 4) is 0 Å². The first-order chi connectivity index (χ1) is 11.0. The van der Waals surface area contributed by atoms with Crippen LogP contribution in [0.5, 0.6) is 0 Å². The van der Waals surface area contributed by atoms with Crippen LogP contribution in [0, 0.1) is 0 Å². The summed E-state index contributed by atoms with van der Waals surface area (Å²) in [4.78, 5) is 9.06. The summed E-state index contributed by atoms with van der Waals surface area (Å²) in [5, 5.41) is 13.3. The quantitative estimate of drug-likeness (QED) is 0.729. The molecule has 1 saturated carbocycles. The van der Waals surface area contributed by atoms with Gasteiger partial charge in [-0.15, -0.1) is 0 Å². The van der Waals surface area contributed by atoms with E-state index in [0.29, 0.717) is 11.7 Å². The smallest absolute Gasteiger partial charge is 0.126 e. The Hall–Kier alpha value is -1.88. The van der Waals surface area contributed by atoms with Crippen molar-refractivity contribution in [2.75, 3.05) is 17.7 Å². The Morgan fingerprint density at radius 1 is 1.39 bits per heavy atom. The number of unbranched alkanes of at least 4 members (excludes halogenated alkanes) is 1. The third-order valence-electron chi connectivity index (χ3n) is 4.60. The molecule has 3 rings (SSSR count). The number of nitrogens with one attached hydrogen (secondary N) is 1. The number of aliphatic hydroxyl groups excluding tert-OH is 1. The summed E-state index contributed by atoms with van der Waals surface area (Å²) >= 11 is 0. The third-order valence-corrected chi connectivity index (χ3v) is 4.60. The minimum atomic E-state index is -0.381. The van der Waals surface area contributed by atoms with Crippen molar-refractivity contribution in [3.63, 3.8) is 0 Å². The molecular formula is C18H26N4O. The number of nitrogens with two attached hydrogens (primary N) is 1. The lowest BCUT2D eigenvalue weighted by Gasteiger charge is -2.30. The lowest BCUT2D eigenvalue weighted by molar-refractivity contribution is 0.212. The van der Waals surface area contributed by atoms with Crippen molar-refractivity contribution in [2.45, 2.75) is 57.4 Å². The fourth-order valence-electron chi connectivity index (χ4n) is 2.96. The van der Waals surface area contributed by atoms with Gasteiger partial charge in [-0.1, -0.05) is 19.8 Å². The van der Waals surface area contributed by atoms with Crippen LogP contribution in [-0.4, -0.2) is 27.2 Å². The van der Waals surface area contributed by atoms with Crippen LogP contribution in [-0.2, 0) is 0 Å². The van der Waals surface area contributed by atoms with Crippen LogP contribution in [0.3, 0.4) is 0 Å². The van der Waals surface area contributed by atoms with E-state index in [1.165, 1.54) is 18.4 Å². The number of hydrogen-bond donors (Lipinski definition) is 3. The number of anilines is 2. The van der Waals surface area contributed by atoms with E-state index >= 15 is 0 Å². The van der Waals surface area contributed by atoms with Gasteiger partial charge in [0.15, 0.2) is 0 Å². The molecule has 2 aromatic heterocycles. The second-order valence-corrected chi connectivity index (χ2v) is 6.95. The summed E-state index contributed by atoms with van der Waals surface area (Å²) in [5.74, 6) is 1.12. The van der Waals surface area contributed by atoms with Crippen LogP contribution in [0.15, 0.2) is 18.3 Å². The van der Waals surface area contributed by atoms with Crippen molar-refractivity contribution in [1.29, 1.82) is 0 Å². The monoisotopic (exact) mass is 314 g/mol. The van der Waals surface area contributed by atoms with E-state index in [-0.39, 0.29) is 12.1 Å². The number of pyridine rings is 2. The van der Waals surface area contributed by atoms with Crippen LogP contribution in [0.1, 0.15) is 57.4 Å². The molecule has 124 valence electrons. The van der Waals surface area contributed by atoms with E-state index in [1.54, 1.807) is 0 Å². The van der Waals surface area contributed by atoms with E-state index in [9.17, 15) is 5.11 Å². The Morgan fingerprint density at radius 2 is 2.17 bits per heavy atom. The zero-order valence-corrected chi connectivity index (χ0v) is 14.0. The maximum atomic E-state index is 9.81. The van der Waals surface area contributed by atoms with Crippen molar-refractivity contribution in [2.24, 2.45) is 0 Å². The molecule has 1 aliphatic rings. The molecule has 0 bridgehead atoms. The number of fused-ring (bicyclic) bond motifs is 1. The van der Waals surface area contributed by atoms with Gasteiger partial charge in [0.05, 0.1) is 23.3 Å². The van der Waals surface area contributed by atoms with E-state index in [0.717, 1.165) is 36.0 Å². The van der Waals surface area contributed by atoms with E-state index in [2.05, 4.69) is 28.3 Å². The molecule has 0 spiro atoms. The number of nitrogen functional groups attached to an aromatic ring is 1. The fourth-order valence-corrected chi connectivity index (χ4v) is 2.96. The van der Waals surface area contributed by atoms with Crippen LogP contribution >= 0.6 is 0 Å². The molecule has 0 aliphatic heterocycles. The van der Waals surface area contributed by atoms with Gasteiger partial charge >= 0.3 is 0 Å². The lowest BCUT2D eigenvalue weighted by Crippen LogP contribution is -2.38. The van der Waals surface area contributed by atoms with E-state index < -0.39 is 0 Å². The standard InChI is InChI=1S/C18H26N4O/c1-3-4-7-18(2,11-23)22-15-9-16(19)21-14-8-13(12-5-6-12)10-20-17(14)15/h8-10,12,23H,3-7,11H2,1-2H3,(H3,19,21,22)/t18-/m1/s1. The average Bonchev–Trinajstić information content (AvgIpc) is 3.37. The van der Waals surface area contributed by atoms with E-state index in [4.69, 9.17) is 5.73 Å². The minimum Gasteiger partial charge on any atom is -0.394 e. The number of hydrogen-bond acceptors (Lipinski definition) is 5. The van der Waals surface area contributed by atoms with Crippen LogP contribution < -0.4 is 11.1 Å². The Balaban J connectivity index is 1.95. The summed E-state index contributed by atoms with van der Waals surface area (Å²) in [6, 6.07) is 3.91. The molecule has 0 aromatic carbocycles. The van der Waals surface area contributed by atoms with Crippen LogP contribution in [0.25, 0.3) is 11.0 Å². The van der Waals surface area contributed by atoms with Gasteiger partial charge in [-0.25, -0.2) is 4.98 Å². The first-order valence-electron chi connectivity index (χ1n) is 8.50. The topological polar surface area (TPSA) is 84.1 Å². The predicted octanol–water partition coefficient (Wildman–Crippen LogP) is 3.44. The van der Waals surface area contributed by atoms with Gasteiger partial charge in [0.25, 0.3) is 0 Å². The second kappa shape index (κ2) is 6.32. The highest BCUT2D eigenvalue weighted by Crippen LogP contribution is 2.40. The van der Waals surface area contributed by atoms with Gasteiger partial charge in [0.1, 0.15) is 11.3 Å². The van der Waals surface area contributed by atoms with Gasteiger partial charge < -0.3 is 16.2 Å². The Bertz CT molecular complexity index is 699. The average molecular weight is 314 g/mol. The van der Waals surface area contributed by atoms with Gasteiger partial charge in [0, 0.05) is 12.3 Å². The fraction of sp³-hybridized carbons (Fsp3) is 0.556. The molecule has 2 aromatic rings. The van der Waals surface area contributed by atoms with Crippen molar-refractivity contribution >= 4 is 22.5 Å². The highest BCUT2D eigenvalue weighted by atomic mass is 16.3. The number of rotatable bonds is 7. The molecular weight excluding hydrogens is 288 g/mol. The highest BCUT2D eigenvalue weighted by Gasteiger charge is 2.26. The molecule has 0 saturated heterocycles. The zero-order valence-electron chi connectivity index (χ0n) is 14.0. The maximum absolute atomic E-state index is 9.81. The Kier molecular flexibility index (Phi) is 4.39. The highest BCUT2D eigenvalue weighted by molar-refractivity contribution is 5.90. The first kappa shape index (κ1) is 16.0. The molecule has 4 N–H and O–H groups in total. The molecule has 0 amide bonds. The molecule has 23 heavy (non-hydrogen) atoms. The summed E-state index contributed by atoms with van der Waals surface area (Å²) in [7, 11) is 0. The van der Waals surface area contributed by atoms with Crippen molar-refractivity contribution in [1.82, 2.24) is 9.97 Å². The van der Waals surface area contributed by atoms with Crippen molar-refractivity contribution in [3.05, 3.63) is 23.9 Å². The van der Waals surface area contributed by atoms with Gasteiger partial charge in [-0.3, -0.25) is 4.98 Å². The Morgan fingerprint density at radius 3 is 2.83 bits per heavy atom. The first-order valence-corrected chi connectivity index (χ1v) is 8.50. The van der Waals surface area contributed by atoms with Gasteiger partial charge in [-0.2, -0.15) is 0 Å². The molecule has 0 radical (unpaired) electrons. The molecule has 5 heteroatoms. The maximum Gasteiger partial charge on any atom is 0.126 e. The SMILES string of the molecule is CCCC[C@](C)(CO)Nc1cc(N)nc2cc(C3CC3)cnc12. The molecule has 5 nitrogen and oxygen atoms in total. The number of nitrogens with zero attached hydrogens (tertiary/aromatic N) is 2. The van der Waals surface area contributed by atoms with Crippen LogP contribution in [0.4, 0.5) is 11.5 Å². The largest absolute Gasteiger partial charge is 0.394 e. The lowest BCUT2D eigenvalue weighted by atomic mass is 9.95. The molecule has 0 unspecified atom stereocenters. The Labute approximate surface area is 137 Å². The van der Waals surface area contributed by atoms with E-state index in [1.807, 2.05) is 19.2 Å². The predicted molar refractivity (Wildman–Crippen MR) is 94.6 cm³/mol. The third kappa shape index (κ3) is 3.55. The molecule has 1 fully saturated rings. The van der Waals surface area contributed by atoms with Gasteiger partial charge in [0.2, 0.25) is 0 Å². The number of aromatic nitrogens is 2. The molecule has 1 atom stereocenters. The zero-order chi connectivity index (χ0) is 16.4. The number of aliphatic hydroxyl groups is 1.